The molecule has 156 valence electrons. The van der Waals surface area contributed by atoms with Gasteiger partial charge in [-0.2, -0.15) is 0 Å². The Kier molecular flexibility index (Phi) is 5.49. The molecular formula is C23H25N3O3S. The monoisotopic (exact) mass is 423 g/mol. The Bertz CT molecular complexity index is 1220. The third-order valence-electron chi connectivity index (χ3n) is 5.33. The summed E-state index contributed by atoms with van der Waals surface area (Å²) >= 11 is 0. The molecule has 0 radical (unpaired) electrons. The summed E-state index contributed by atoms with van der Waals surface area (Å²) in [6.45, 7) is 7.08. The lowest BCUT2D eigenvalue weighted by atomic mass is 10.1. The summed E-state index contributed by atoms with van der Waals surface area (Å²) in [4.78, 5) is 7.24. The number of aromatic nitrogens is 1. The number of fused-ring (bicyclic) bond motifs is 2. The molecule has 3 aromatic rings. The lowest BCUT2D eigenvalue weighted by Crippen LogP contribution is -2.26. The highest BCUT2D eigenvalue weighted by Gasteiger charge is 2.26. The summed E-state index contributed by atoms with van der Waals surface area (Å²) in [5, 5.41) is 13.6. The van der Waals surface area contributed by atoms with Gasteiger partial charge in [0, 0.05) is 36.8 Å². The number of benzene rings is 2. The summed E-state index contributed by atoms with van der Waals surface area (Å²) in [6.07, 6.45) is 0. The number of aryl methyl sites for hydroxylation is 1. The number of hydrogen-bond donors (Lipinski definition) is 2. The van der Waals surface area contributed by atoms with E-state index in [0.29, 0.717) is 30.1 Å². The van der Waals surface area contributed by atoms with Crippen molar-refractivity contribution in [3.05, 3.63) is 71.8 Å². The number of nitrogens with zero attached hydrogens (tertiary/aromatic N) is 2. The fourth-order valence-electron chi connectivity index (χ4n) is 3.67. The first-order valence-electron chi connectivity index (χ1n) is 9.86. The largest absolute Gasteiger partial charge is 0.392 e. The molecule has 4 rings (SSSR count). The van der Waals surface area contributed by atoms with Gasteiger partial charge in [0.2, 0.25) is 0 Å². The lowest BCUT2D eigenvalue weighted by Gasteiger charge is -2.23. The Morgan fingerprint density at radius 2 is 2.03 bits per heavy atom. The van der Waals surface area contributed by atoms with E-state index in [4.69, 9.17) is 4.98 Å². The Hall–Kier alpha value is -2.90. The molecule has 2 aromatic carbocycles. The smallest absolute Gasteiger partial charge is 0.180 e. The third-order valence-corrected chi connectivity index (χ3v) is 7.11. The zero-order valence-corrected chi connectivity index (χ0v) is 17.7. The Labute approximate surface area is 176 Å². The highest BCUT2D eigenvalue weighted by molar-refractivity contribution is 7.91. The molecule has 0 amide bonds. The van der Waals surface area contributed by atoms with Crippen molar-refractivity contribution in [2.45, 2.75) is 18.4 Å². The third kappa shape index (κ3) is 4.04. The summed E-state index contributed by atoms with van der Waals surface area (Å²) < 4.78 is 25.4. The number of rotatable bonds is 5. The normalized spacial score (nSPS) is 15.5. The van der Waals surface area contributed by atoms with Crippen LogP contribution in [0, 0.1) is 6.92 Å². The first-order valence-corrected chi connectivity index (χ1v) is 11.5. The molecule has 7 heteroatoms. The number of anilines is 2. The van der Waals surface area contributed by atoms with Crippen LogP contribution in [0.3, 0.4) is 0 Å². The molecular weight excluding hydrogens is 398 g/mol. The molecule has 0 saturated carbocycles. The Morgan fingerprint density at radius 3 is 2.83 bits per heavy atom. The molecule has 2 heterocycles. The molecule has 0 aliphatic carbocycles. The average Bonchev–Trinajstić information content (AvgIpc) is 2.88. The van der Waals surface area contributed by atoms with Crippen LogP contribution in [0.1, 0.15) is 11.1 Å². The second-order valence-corrected chi connectivity index (χ2v) is 9.74. The van der Waals surface area contributed by atoms with E-state index < -0.39 is 9.84 Å². The number of aliphatic hydroxyl groups is 1. The van der Waals surface area contributed by atoms with E-state index in [1.807, 2.05) is 42.2 Å². The zero-order valence-electron chi connectivity index (χ0n) is 16.9. The predicted molar refractivity (Wildman–Crippen MR) is 121 cm³/mol. The highest BCUT2D eigenvalue weighted by atomic mass is 32.2. The van der Waals surface area contributed by atoms with Crippen LogP contribution >= 0.6 is 0 Å². The van der Waals surface area contributed by atoms with Crippen molar-refractivity contribution in [1.82, 2.24) is 4.98 Å². The van der Waals surface area contributed by atoms with E-state index >= 15 is 0 Å². The molecule has 30 heavy (non-hydrogen) atoms. The molecule has 6 nitrogen and oxygen atoms in total. The number of nitrogens with one attached hydrogen (secondary N) is 1. The predicted octanol–water partition coefficient (Wildman–Crippen LogP) is 3.30. The van der Waals surface area contributed by atoms with Gasteiger partial charge in [-0.15, -0.1) is 0 Å². The van der Waals surface area contributed by atoms with Gasteiger partial charge in [-0.3, -0.25) is 0 Å². The van der Waals surface area contributed by atoms with E-state index in [0.717, 1.165) is 33.5 Å². The maximum atomic E-state index is 12.7. The molecule has 1 aliphatic rings. The van der Waals surface area contributed by atoms with Crippen molar-refractivity contribution in [1.29, 1.82) is 0 Å². The molecule has 0 atom stereocenters. The molecule has 0 saturated heterocycles. The maximum Gasteiger partial charge on any atom is 0.180 e. The minimum absolute atomic E-state index is 0.0434. The molecule has 0 spiro atoms. The van der Waals surface area contributed by atoms with Crippen LogP contribution in [0.2, 0.25) is 0 Å². The van der Waals surface area contributed by atoms with Gasteiger partial charge in [0.15, 0.2) is 9.84 Å². The molecule has 2 N–H and O–H groups in total. The first kappa shape index (κ1) is 20.4. The van der Waals surface area contributed by atoms with Crippen LogP contribution in [-0.2, 0) is 16.4 Å². The number of aliphatic hydroxyl groups excluding tert-OH is 1. The van der Waals surface area contributed by atoms with Gasteiger partial charge in [-0.05, 0) is 36.3 Å². The van der Waals surface area contributed by atoms with Gasteiger partial charge >= 0.3 is 0 Å². The second-order valence-electron chi connectivity index (χ2n) is 7.66. The van der Waals surface area contributed by atoms with E-state index in [1.165, 1.54) is 0 Å². The summed E-state index contributed by atoms with van der Waals surface area (Å²) in [5.74, 6) is 0.761. The van der Waals surface area contributed by atoms with Crippen LogP contribution in [0.4, 0.5) is 11.5 Å². The van der Waals surface area contributed by atoms with Crippen LogP contribution in [0.25, 0.3) is 10.9 Å². The zero-order chi connectivity index (χ0) is 21.3. The van der Waals surface area contributed by atoms with Gasteiger partial charge in [0.05, 0.1) is 22.8 Å². The standard InChI is InChI=1S/C23H25N3O3S/c1-16-7-8-20-19(11-16)21(24-13-17(2)15-27)12-23(25-20)26-9-10-30(28,29)22-6-4-3-5-18(22)14-26/h3-8,11-12,27H,2,9-10,13-15H2,1H3,(H,24,25). The highest BCUT2D eigenvalue weighted by Crippen LogP contribution is 2.31. The van der Waals surface area contributed by atoms with E-state index in [9.17, 15) is 13.5 Å². The second kappa shape index (κ2) is 8.08. The van der Waals surface area contributed by atoms with Crippen molar-refractivity contribution in [3.8, 4) is 0 Å². The Morgan fingerprint density at radius 1 is 1.23 bits per heavy atom. The van der Waals surface area contributed by atoms with Crippen molar-refractivity contribution in [2.75, 3.05) is 35.7 Å². The van der Waals surface area contributed by atoms with Crippen molar-refractivity contribution >= 4 is 32.2 Å². The van der Waals surface area contributed by atoms with E-state index in [1.54, 1.807) is 12.1 Å². The molecule has 0 bridgehead atoms. The first-order chi connectivity index (χ1) is 14.4. The van der Waals surface area contributed by atoms with Crippen molar-refractivity contribution in [3.63, 3.8) is 0 Å². The molecule has 1 aromatic heterocycles. The summed E-state index contributed by atoms with van der Waals surface area (Å²) in [7, 11) is -3.33. The van der Waals surface area contributed by atoms with E-state index in [2.05, 4.69) is 18.0 Å². The molecule has 1 aliphatic heterocycles. The quantitative estimate of drug-likeness (QED) is 0.613. The number of hydrogen-bond acceptors (Lipinski definition) is 6. The fourth-order valence-corrected chi connectivity index (χ4v) is 5.17. The molecule has 0 fully saturated rings. The minimum atomic E-state index is -3.33. The van der Waals surface area contributed by atoms with Crippen LogP contribution in [0.15, 0.2) is 65.6 Å². The lowest BCUT2D eigenvalue weighted by molar-refractivity contribution is 0.331. The van der Waals surface area contributed by atoms with Gasteiger partial charge < -0.3 is 15.3 Å². The Balaban J connectivity index is 1.77. The van der Waals surface area contributed by atoms with Crippen molar-refractivity contribution in [2.24, 2.45) is 0 Å². The van der Waals surface area contributed by atoms with E-state index in [-0.39, 0.29) is 12.4 Å². The number of sulfone groups is 1. The van der Waals surface area contributed by atoms with Crippen molar-refractivity contribution < 1.29 is 13.5 Å². The van der Waals surface area contributed by atoms with Gasteiger partial charge in [0.25, 0.3) is 0 Å². The summed E-state index contributed by atoms with van der Waals surface area (Å²) in [6, 6.07) is 15.2. The maximum absolute atomic E-state index is 12.7. The van der Waals surface area contributed by atoms with Crippen LogP contribution in [-0.4, -0.2) is 44.0 Å². The summed E-state index contributed by atoms with van der Waals surface area (Å²) in [5.41, 5.74) is 4.30. The van der Waals surface area contributed by atoms with Crippen LogP contribution < -0.4 is 10.2 Å². The van der Waals surface area contributed by atoms with Gasteiger partial charge in [0.1, 0.15) is 5.82 Å². The number of pyridine rings is 1. The fraction of sp³-hybridized carbons (Fsp3) is 0.261. The van der Waals surface area contributed by atoms with Crippen LogP contribution in [0.5, 0.6) is 0 Å². The minimum Gasteiger partial charge on any atom is -0.392 e. The average molecular weight is 424 g/mol. The topological polar surface area (TPSA) is 82.5 Å². The SMILES string of the molecule is C=C(CO)CNc1cc(N2CCS(=O)(=O)c3ccccc3C2)nc2ccc(C)cc12. The van der Waals surface area contributed by atoms with Gasteiger partial charge in [-0.1, -0.05) is 36.4 Å². The van der Waals surface area contributed by atoms with Gasteiger partial charge in [-0.25, -0.2) is 13.4 Å². The molecule has 0 unspecified atom stereocenters.